The maximum atomic E-state index is 12.6. The molecule has 0 fully saturated rings. The number of methoxy groups -OCH3 is 2. The van der Waals surface area contributed by atoms with Crippen LogP contribution in [0.25, 0.3) is 11.3 Å². The molecule has 2 aromatic carbocycles. The van der Waals surface area contributed by atoms with E-state index in [1.807, 2.05) is 0 Å². The summed E-state index contributed by atoms with van der Waals surface area (Å²) in [6, 6.07) is 14.7. The number of hydrogen-bond donors (Lipinski definition) is 2. The third-order valence-corrected chi connectivity index (χ3v) is 3.92. The van der Waals surface area contributed by atoms with Crippen LogP contribution in [0.2, 0.25) is 0 Å². The van der Waals surface area contributed by atoms with Gasteiger partial charge in [-0.2, -0.15) is 4.98 Å². The average molecular weight is 379 g/mol. The van der Waals surface area contributed by atoms with Crippen LogP contribution in [0.15, 0.2) is 59.4 Å². The zero-order valence-corrected chi connectivity index (χ0v) is 15.2. The van der Waals surface area contributed by atoms with Crippen LogP contribution in [0.1, 0.15) is 20.8 Å². The first-order valence-corrected chi connectivity index (χ1v) is 8.25. The molecule has 0 aliphatic carbocycles. The molecule has 0 spiro atoms. The van der Waals surface area contributed by atoms with Crippen molar-refractivity contribution in [1.29, 1.82) is 0 Å². The third kappa shape index (κ3) is 4.24. The highest BCUT2D eigenvalue weighted by Crippen LogP contribution is 2.20. The molecule has 0 saturated heterocycles. The van der Waals surface area contributed by atoms with Gasteiger partial charge in [0.2, 0.25) is 0 Å². The van der Waals surface area contributed by atoms with Crippen molar-refractivity contribution in [2.24, 2.45) is 0 Å². The van der Waals surface area contributed by atoms with Crippen LogP contribution in [0, 0.1) is 0 Å². The molecule has 3 aromatic rings. The molecule has 28 heavy (non-hydrogen) atoms. The molecule has 0 atom stereocenters. The fourth-order valence-electron chi connectivity index (χ4n) is 2.53. The number of ether oxygens (including phenoxy) is 2. The van der Waals surface area contributed by atoms with E-state index in [4.69, 9.17) is 4.74 Å². The minimum absolute atomic E-state index is 0.0364. The van der Waals surface area contributed by atoms with E-state index in [1.54, 1.807) is 49.6 Å². The Balaban J connectivity index is 1.87. The molecule has 1 aromatic heterocycles. The van der Waals surface area contributed by atoms with Gasteiger partial charge in [-0.1, -0.05) is 6.07 Å². The molecule has 0 aliphatic rings. The van der Waals surface area contributed by atoms with Gasteiger partial charge in [-0.05, 0) is 48.5 Å². The molecule has 0 saturated carbocycles. The Bertz CT molecular complexity index is 1070. The molecule has 3 rings (SSSR count). The van der Waals surface area contributed by atoms with E-state index in [2.05, 4.69) is 20.0 Å². The van der Waals surface area contributed by atoms with Crippen molar-refractivity contribution in [2.45, 2.75) is 0 Å². The zero-order chi connectivity index (χ0) is 20.1. The summed E-state index contributed by atoms with van der Waals surface area (Å²) in [5, 5.41) is 2.64. The summed E-state index contributed by atoms with van der Waals surface area (Å²) >= 11 is 0. The topological polar surface area (TPSA) is 110 Å². The molecule has 2 N–H and O–H groups in total. The van der Waals surface area contributed by atoms with E-state index in [0.29, 0.717) is 28.3 Å². The van der Waals surface area contributed by atoms with Crippen LogP contribution in [0.3, 0.4) is 0 Å². The highest BCUT2D eigenvalue weighted by Gasteiger charge is 2.13. The van der Waals surface area contributed by atoms with Gasteiger partial charge in [0.1, 0.15) is 11.4 Å². The first-order valence-electron chi connectivity index (χ1n) is 8.25. The van der Waals surface area contributed by atoms with Crippen LogP contribution in [-0.2, 0) is 4.74 Å². The summed E-state index contributed by atoms with van der Waals surface area (Å²) in [4.78, 5) is 42.4. The zero-order valence-electron chi connectivity index (χ0n) is 15.2. The maximum absolute atomic E-state index is 12.6. The number of amides is 1. The van der Waals surface area contributed by atoms with Crippen molar-refractivity contribution in [3.05, 3.63) is 76.3 Å². The lowest BCUT2D eigenvalue weighted by Gasteiger charge is -2.08. The number of anilines is 1. The van der Waals surface area contributed by atoms with Gasteiger partial charge in [-0.15, -0.1) is 0 Å². The number of aromatic nitrogens is 2. The molecule has 0 unspecified atom stereocenters. The third-order valence-electron chi connectivity index (χ3n) is 3.92. The van der Waals surface area contributed by atoms with Crippen molar-refractivity contribution in [3.8, 4) is 17.0 Å². The van der Waals surface area contributed by atoms with Gasteiger partial charge in [0.25, 0.3) is 5.91 Å². The van der Waals surface area contributed by atoms with Crippen molar-refractivity contribution in [3.63, 3.8) is 0 Å². The largest absolute Gasteiger partial charge is 0.497 e. The number of esters is 1. The van der Waals surface area contributed by atoms with Crippen molar-refractivity contribution in [2.75, 3.05) is 19.5 Å². The number of nitrogens with one attached hydrogen (secondary N) is 2. The number of carbonyl (C=O) groups excluding carboxylic acids is 2. The Morgan fingerprint density at radius 3 is 2.46 bits per heavy atom. The Kier molecular flexibility index (Phi) is 5.50. The van der Waals surface area contributed by atoms with Gasteiger partial charge in [-0.3, -0.25) is 4.79 Å². The second kappa shape index (κ2) is 8.17. The second-order valence-electron chi connectivity index (χ2n) is 5.74. The molecule has 1 heterocycles. The SMILES string of the molecule is COC(=O)c1cccc(NC(=O)c2cc(-c3ccc(OC)cc3)nc(=O)[nH]2)c1. The highest BCUT2D eigenvalue weighted by atomic mass is 16.5. The van der Waals surface area contributed by atoms with Crippen molar-refractivity contribution < 1.29 is 19.1 Å². The monoisotopic (exact) mass is 379 g/mol. The van der Waals surface area contributed by atoms with Gasteiger partial charge < -0.3 is 19.8 Å². The van der Waals surface area contributed by atoms with Gasteiger partial charge in [-0.25, -0.2) is 9.59 Å². The number of carbonyl (C=O) groups is 2. The summed E-state index contributed by atoms with van der Waals surface area (Å²) in [7, 11) is 2.83. The van der Waals surface area contributed by atoms with Crippen LogP contribution >= 0.6 is 0 Å². The maximum Gasteiger partial charge on any atom is 0.346 e. The average Bonchev–Trinajstić information content (AvgIpc) is 2.73. The molecule has 1 amide bonds. The van der Waals surface area contributed by atoms with E-state index < -0.39 is 17.6 Å². The van der Waals surface area contributed by atoms with Crippen LogP contribution < -0.4 is 15.7 Å². The Morgan fingerprint density at radius 1 is 1.04 bits per heavy atom. The quantitative estimate of drug-likeness (QED) is 0.659. The van der Waals surface area contributed by atoms with E-state index in [0.717, 1.165) is 0 Å². The number of nitrogens with zero attached hydrogens (tertiary/aromatic N) is 1. The standard InChI is InChI=1S/C20H17N3O5/c1-27-15-8-6-12(7-9-15)16-11-17(23-20(26)22-16)18(24)21-14-5-3-4-13(10-14)19(25)28-2/h3-11H,1-2H3,(H,21,24)(H,22,23,26). The van der Waals surface area contributed by atoms with E-state index in [1.165, 1.54) is 19.2 Å². The molecule has 142 valence electrons. The van der Waals surface area contributed by atoms with E-state index in [9.17, 15) is 14.4 Å². The molecule has 8 heteroatoms. The van der Waals surface area contributed by atoms with Crippen LogP contribution in [0.4, 0.5) is 5.69 Å². The minimum atomic E-state index is -0.651. The van der Waals surface area contributed by atoms with Gasteiger partial charge in [0.15, 0.2) is 0 Å². The van der Waals surface area contributed by atoms with Gasteiger partial charge in [0.05, 0.1) is 25.5 Å². The summed E-state index contributed by atoms with van der Waals surface area (Å²) in [5.41, 5.74) is 1.07. The lowest BCUT2D eigenvalue weighted by atomic mass is 10.1. The molecule has 0 aliphatic heterocycles. The van der Waals surface area contributed by atoms with Crippen molar-refractivity contribution in [1.82, 2.24) is 9.97 Å². The Morgan fingerprint density at radius 2 is 1.79 bits per heavy atom. The number of aromatic amines is 1. The molecule has 0 radical (unpaired) electrons. The number of benzene rings is 2. The Labute approximate surface area is 160 Å². The van der Waals surface area contributed by atoms with E-state index in [-0.39, 0.29) is 5.69 Å². The fraction of sp³-hybridized carbons (Fsp3) is 0.100. The highest BCUT2D eigenvalue weighted by molar-refractivity contribution is 6.04. The minimum Gasteiger partial charge on any atom is -0.497 e. The summed E-state index contributed by atoms with van der Waals surface area (Å²) < 4.78 is 9.77. The normalized spacial score (nSPS) is 10.2. The predicted molar refractivity (Wildman–Crippen MR) is 103 cm³/mol. The van der Waals surface area contributed by atoms with Crippen LogP contribution in [-0.4, -0.2) is 36.1 Å². The fourth-order valence-corrected chi connectivity index (χ4v) is 2.53. The first kappa shape index (κ1) is 18.8. The first-order chi connectivity index (χ1) is 13.5. The molecule has 8 nitrogen and oxygen atoms in total. The lowest BCUT2D eigenvalue weighted by Crippen LogP contribution is -2.21. The molecule has 0 bridgehead atoms. The van der Waals surface area contributed by atoms with Gasteiger partial charge in [0, 0.05) is 11.3 Å². The van der Waals surface area contributed by atoms with Crippen LogP contribution in [0.5, 0.6) is 5.75 Å². The summed E-state index contributed by atoms with van der Waals surface area (Å²) in [5.74, 6) is -0.400. The lowest BCUT2D eigenvalue weighted by molar-refractivity contribution is 0.0600. The number of H-pyrrole nitrogens is 1. The predicted octanol–water partition coefficient (Wildman–Crippen LogP) is 2.48. The number of rotatable bonds is 5. The smallest absolute Gasteiger partial charge is 0.346 e. The summed E-state index contributed by atoms with van der Waals surface area (Å²) in [6.45, 7) is 0. The number of hydrogen-bond acceptors (Lipinski definition) is 6. The molecular weight excluding hydrogens is 362 g/mol. The molecular formula is C20H17N3O5. The van der Waals surface area contributed by atoms with Crippen molar-refractivity contribution >= 4 is 17.6 Å². The Hall–Kier alpha value is -3.94. The second-order valence-corrected chi connectivity index (χ2v) is 5.74. The van der Waals surface area contributed by atoms with Gasteiger partial charge >= 0.3 is 11.7 Å². The summed E-state index contributed by atoms with van der Waals surface area (Å²) in [6.07, 6.45) is 0. The van der Waals surface area contributed by atoms with E-state index >= 15 is 0 Å².